The van der Waals surface area contributed by atoms with Crippen LogP contribution >= 0.6 is 23.2 Å². The number of nitrogens with zero attached hydrogens (tertiary/aromatic N) is 1. The monoisotopic (exact) mass is 519 g/mol. The fourth-order valence-electron chi connectivity index (χ4n) is 4.90. The first-order valence-electron chi connectivity index (χ1n) is 11.0. The molecule has 2 saturated heterocycles. The van der Waals surface area contributed by atoms with E-state index in [9.17, 15) is 14.4 Å². The highest BCUT2D eigenvalue weighted by Gasteiger charge is 2.46. The van der Waals surface area contributed by atoms with Gasteiger partial charge in [-0.1, -0.05) is 29.3 Å². The zero-order valence-electron chi connectivity index (χ0n) is 19.1. The van der Waals surface area contributed by atoms with Gasteiger partial charge in [-0.3, -0.25) is 9.59 Å². The summed E-state index contributed by atoms with van der Waals surface area (Å²) in [5.41, 5.74) is -1.42. The lowest BCUT2D eigenvalue weighted by Gasteiger charge is -2.43. The van der Waals surface area contributed by atoms with Crippen molar-refractivity contribution in [2.45, 2.75) is 62.6 Å². The molecule has 34 heavy (non-hydrogen) atoms. The van der Waals surface area contributed by atoms with Gasteiger partial charge in [0.1, 0.15) is 0 Å². The van der Waals surface area contributed by atoms with E-state index in [1.807, 2.05) is 6.07 Å². The Bertz CT molecular complexity index is 880. The van der Waals surface area contributed by atoms with Crippen LogP contribution < -0.4 is 0 Å². The van der Waals surface area contributed by atoms with Crippen LogP contribution in [-0.2, 0) is 19.1 Å². The van der Waals surface area contributed by atoms with Gasteiger partial charge in [-0.2, -0.15) is 0 Å². The maximum absolute atomic E-state index is 10.3. The molecule has 2 heterocycles. The lowest BCUT2D eigenvalue weighted by molar-refractivity contribution is -0.170. The number of hydrogen-bond acceptors (Lipinski definition) is 6. The van der Waals surface area contributed by atoms with E-state index in [2.05, 4.69) is 31.0 Å². The number of aliphatic hydroxyl groups is 1. The van der Waals surface area contributed by atoms with E-state index in [1.165, 1.54) is 24.8 Å². The van der Waals surface area contributed by atoms with E-state index in [1.54, 1.807) is 0 Å². The van der Waals surface area contributed by atoms with Crippen molar-refractivity contribution in [3.63, 3.8) is 0 Å². The van der Waals surface area contributed by atoms with E-state index in [0.717, 1.165) is 13.2 Å². The Labute approximate surface area is 208 Å². The van der Waals surface area contributed by atoms with Crippen LogP contribution in [-0.4, -0.2) is 81.2 Å². The second-order valence-corrected chi connectivity index (χ2v) is 9.60. The number of ether oxygens (including phenoxy) is 1. The number of carboxylic acids is 3. The molecule has 2 aliphatic heterocycles. The molecule has 2 aliphatic rings. The number of benzene rings is 1. The molecule has 0 aromatic heterocycles. The second-order valence-electron chi connectivity index (χ2n) is 8.78. The van der Waals surface area contributed by atoms with E-state index in [-0.39, 0.29) is 0 Å². The Morgan fingerprint density at radius 3 is 2.21 bits per heavy atom. The zero-order chi connectivity index (χ0) is 25.6. The molecule has 190 valence electrons. The molecule has 9 nitrogen and oxygen atoms in total. The molecule has 0 saturated carbocycles. The summed E-state index contributed by atoms with van der Waals surface area (Å²) in [5, 5.41) is 35.1. The average Bonchev–Trinajstić information content (AvgIpc) is 2.97. The van der Waals surface area contributed by atoms with E-state index in [4.69, 9.17) is 48.4 Å². The lowest BCUT2D eigenvalue weighted by Crippen LogP contribution is -2.47. The first-order chi connectivity index (χ1) is 15.9. The number of rotatable bonds is 9. The topological polar surface area (TPSA) is 145 Å². The maximum atomic E-state index is 10.3. The van der Waals surface area contributed by atoms with Crippen LogP contribution in [0.15, 0.2) is 18.2 Å². The van der Waals surface area contributed by atoms with Crippen LogP contribution in [0.1, 0.15) is 50.5 Å². The molecule has 3 rings (SSSR count). The summed E-state index contributed by atoms with van der Waals surface area (Å²) < 4.78 is 5.79. The zero-order valence-corrected chi connectivity index (χ0v) is 20.6. The number of fused-ring (bicyclic) bond motifs is 2. The third-order valence-corrected chi connectivity index (χ3v) is 7.34. The standard InChI is InChI=1S/C17H23Cl2NO.C6H8O7/c1-3-21-10-14-13(9-12-5-7-17(14)20(12)2)11-4-6-15(18)16(19)8-11;7-3(8)1-6(13,5(11)12)2-4(9)10/h4,6,8,12-14,17H,3,5,7,9-10H2,1-2H3;13H,1-2H2,(H,7,8)(H,9,10)(H,11,12)/t12-,13+,14+,17-;/m0./s1. The van der Waals surface area contributed by atoms with Gasteiger partial charge in [-0.05, 0) is 56.8 Å². The highest BCUT2D eigenvalue weighted by Crippen LogP contribution is 2.46. The van der Waals surface area contributed by atoms with Crippen LogP contribution in [0.5, 0.6) is 0 Å². The van der Waals surface area contributed by atoms with Crippen LogP contribution in [0.4, 0.5) is 0 Å². The minimum absolute atomic E-state index is 0.528. The van der Waals surface area contributed by atoms with Crippen molar-refractivity contribution in [1.82, 2.24) is 4.90 Å². The predicted octanol–water partition coefficient (Wildman–Crippen LogP) is 3.35. The van der Waals surface area contributed by atoms with Gasteiger partial charge in [-0.25, -0.2) is 4.79 Å². The fourth-order valence-corrected chi connectivity index (χ4v) is 5.21. The largest absolute Gasteiger partial charge is 0.481 e. The van der Waals surface area contributed by atoms with E-state index >= 15 is 0 Å². The van der Waals surface area contributed by atoms with E-state index < -0.39 is 36.4 Å². The Hall–Kier alpha value is -1.91. The summed E-state index contributed by atoms with van der Waals surface area (Å²) in [6.07, 6.45) is 1.50. The number of carbonyl (C=O) groups is 3. The van der Waals surface area contributed by atoms with Crippen molar-refractivity contribution < 1.29 is 39.5 Å². The lowest BCUT2D eigenvalue weighted by atomic mass is 9.76. The minimum Gasteiger partial charge on any atom is -0.481 e. The van der Waals surface area contributed by atoms with Gasteiger partial charge in [-0.15, -0.1) is 0 Å². The van der Waals surface area contributed by atoms with Gasteiger partial charge >= 0.3 is 17.9 Å². The number of hydrogen-bond donors (Lipinski definition) is 4. The van der Waals surface area contributed by atoms with Crippen molar-refractivity contribution in [2.75, 3.05) is 20.3 Å². The molecule has 1 aromatic carbocycles. The SMILES string of the molecule is CCOC[C@@H]1[C@@H](c2ccc(Cl)c(Cl)c2)C[C@@H]2CC[C@@H]1N2C.O=C(O)CC(O)(CC(=O)O)C(=O)O. The minimum atomic E-state index is -2.74. The number of carboxylic acid groups (broad SMARTS) is 3. The van der Waals surface area contributed by atoms with Crippen LogP contribution in [0, 0.1) is 5.92 Å². The smallest absolute Gasteiger partial charge is 0.336 e. The number of aliphatic carboxylic acids is 3. The summed E-state index contributed by atoms with van der Waals surface area (Å²) in [6.45, 7) is 3.69. The summed E-state index contributed by atoms with van der Waals surface area (Å²) in [5.74, 6) is -3.94. The highest BCUT2D eigenvalue weighted by atomic mass is 35.5. The molecule has 2 fully saturated rings. The Morgan fingerprint density at radius 1 is 1.09 bits per heavy atom. The average molecular weight is 520 g/mol. The quantitative estimate of drug-likeness (QED) is 0.385. The van der Waals surface area contributed by atoms with Crippen molar-refractivity contribution in [2.24, 2.45) is 5.92 Å². The molecule has 4 atom stereocenters. The maximum Gasteiger partial charge on any atom is 0.336 e. The summed E-state index contributed by atoms with van der Waals surface area (Å²) in [4.78, 5) is 33.1. The predicted molar refractivity (Wildman–Crippen MR) is 125 cm³/mol. The third-order valence-electron chi connectivity index (χ3n) is 6.60. The van der Waals surface area contributed by atoms with Crippen LogP contribution in [0.2, 0.25) is 10.0 Å². The van der Waals surface area contributed by atoms with Gasteiger partial charge in [0, 0.05) is 24.6 Å². The molecule has 11 heteroatoms. The first-order valence-corrected chi connectivity index (χ1v) is 11.8. The summed E-state index contributed by atoms with van der Waals surface area (Å²) in [7, 11) is 2.27. The molecule has 0 unspecified atom stereocenters. The molecule has 0 amide bonds. The summed E-state index contributed by atoms with van der Waals surface area (Å²) >= 11 is 12.3. The normalized spacial score (nSPS) is 24.3. The second kappa shape index (κ2) is 12.2. The molecular formula is C23H31Cl2NO8. The fraction of sp³-hybridized carbons (Fsp3) is 0.609. The van der Waals surface area contributed by atoms with Crippen LogP contribution in [0.25, 0.3) is 0 Å². The van der Waals surface area contributed by atoms with Crippen molar-refractivity contribution in [1.29, 1.82) is 0 Å². The molecule has 0 aliphatic carbocycles. The first kappa shape index (κ1) is 28.3. The molecule has 4 N–H and O–H groups in total. The third kappa shape index (κ3) is 7.05. The number of halogens is 2. The molecule has 2 bridgehead atoms. The van der Waals surface area contributed by atoms with Gasteiger partial charge in [0.2, 0.25) is 0 Å². The molecule has 0 spiro atoms. The van der Waals surface area contributed by atoms with Gasteiger partial charge < -0.3 is 30.1 Å². The Balaban J connectivity index is 0.000000273. The van der Waals surface area contributed by atoms with E-state index in [0.29, 0.717) is 34.0 Å². The molecule has 1 aromatic rings. The number of piperidine rings is 1. The van der Waals surface area contributed by atoms with Crippen LogP contribution in [0.3, 0.4) is 0 Å². The van der Waals surface area contributed by atoms with Crippen molar-refractivity contribution >= 4 is 41.1 Å². The Kier molecular flexibility index (Phi) is 10.1. The van der Waals surface area contributed by atoms with Gasteiger partial charge in [0.05, 0.1) is 29.5 Å². The van der Waals surface area contributed by atoms with Gasteiger partial charge in [0.25, 0.3) is 0 Å². The molecule has 0 radical (unpaired) electrons. The van der Waals surface area contributed by atoms with Crippen molar-refractivity contribution in [3.05, 3.63) is 33.8 Å². The van der Waals surface area contributed by atoms with Gasteiger partial charge in [0.15, 0.2) is 5.60 Å². The summed E-state index contributed by atoms with van der Waals surface area (Å²) in [6, 6.07) is 7.46. The van der Waals surface area contributed by atoms with Crippen molar-refractivity contribution in [3.8, 4) is 0 Å². The highest BCUT2D eigenvalue weighted by molar-refractivity contribution is 6.42. The Morgan fingerprint density at radius 2 is 1.71 bits per heavy atom. The molecular weight excluding hydrogens is 489 g/mol.